The van der Waals surface area contributed by atoms with E-state index in [4.69, 9.17) is 26.1 Å². The molecule has 6 nitrogen and oxygen atoms in total. The predicted molar refractivity (Wildman–Crippen MR) is 144 cm³/mol. The van der Waals surface area contributed by atoms with Crippen LogP contribution in [0.4, 0.5) is 0 Å². The molecular formula is C29H28ClN3O3. The van der Waals surface area contributed by atoms with E-state index < -0.39 is 0 Å². The number of benzene rings is 3. The van der Waals surface area contributed by atoms with E-state index in [1.807, 2.05) is 60.7 Å². The summed E-state index contributed by atoms with van der Waals surface area (Å²) in [6, 6.07) is 20.6. The molecule has 3 aromatic carbocycles. The lowest BCUT2D eigenvalue weighted by Crippen LogP contribution is -2.25. The van der Waals surface area contributed by atoms with E-state index in [0.717, 1.165) is 48.2 Å². The van der Waals surface area contributed by atoms with E-state index in [1.165, 1.54) is 11.1 Å². The zero-order valence-electron chi connectivity index (χ0n) is 20.2. The van der Waals surface area contributed by atoms with Gasteiger partial charge in [-0.1, -0.05) is 55.1 Å². The van der Waals surface area contributed by atoms with Gasteiger partial charge in [-0.2, -0.15) is 9.78 Å². The van der Waals surface area contributed by atoms with Gasteiger partial charge in [0.05, 0.1) is 24.2 Å². The second-order valence-corrected chi connectivity index (χ2v) is 9.45. The molecule has 0 radical (unpaired) electrons. The van der Waals surface area contributed by atoms with Gasteiger partial charge in [-0.25, -0.2) is 4.98 Å². The fourth-order valence-corrected chi connectivity index (χ4v) is 4.75. The third-order valence-corrected chi connectivity index (χ3v) is 6.82. The van der Waals surface area contributed by atoms with Crippen molar-refractivity contribution < 1.29 is 9.47 Å². The van der Waals surface area contributed by atoms with Crippen LogP contribution >= 0.6 is 11.6 Å². The third-order valence-electron chi connectivity index (χ3n) is 6.57. The Hall–Kier alpha value is -3.64. The summed E-state index contributed by atoms with van der Waals surface area (Å²) in [5, 5.41) is 5.87. The Morgan fingerprint density at radius 2 is 1.81 bits per heavy atom. The largest absolute Gasteiger partial charge is 0.493 e. The molecule has 0 N–H and O–H groups in total. The van der Waals surface area contributed by atoms with Crippen LogP contribution in [0.25, 0.3) is 10.9 Å². The molecule has 5 rings (SSSR count). The summed E-state index contributed by atoms with van der Waals surface area (Å²) in [6.07, 6.45) is 7.23. The summed E-state index contributed by atoms with van der Waals surface area (Å²) < 4.78 is 13.0. The topological polar surface area (TPSA) is 65.7 Å². The first-order valence-electron chi connectivity index (χ1n) is 12.2. The second-order valence-electron chi connectivity index (χ2n) is 9.01. The number of hydrogen-bond acceptors (Lipinski definition) is 5. The minimum Gasteiger partial charge on any atom is -0.493 e. The summed E-state index contributed by atoms with van der Waals surface area (Å²) in [6.45, 7) is 0.393. The van der Waals surface area contributed by atoms with Crippen molar-refractivity contribution in [1.82, 2.24) is 9.66 Å². The SMILES string of the molecule is COc1cc(C=Nn2c(C3CCCCC3)nc3ccccc3c2=O)ccc1OCc1ccc(Cl)cc1. The third kappa shape index (κ3) is 5.29. The van der Waals surface area contributed by atoms with E-state index >= 15 is 0 Å². The first kappa shape index (κ1) is 24.1. The van der Waals surface area contributed by atoms with Crippen molar-refractivity contribution in [1.29, 1.82) is 0 Å². The Labute approximate surface area is 215 Å². The number of para-hydroxylation sites is 1. The normalized spacial score (nSPS) is 14.4. The van der Waals surface area contributed by atoms with Gasteiger partial charge in [-0.3, -0.25) is 4.79 Å². The highest BCUT2D eigenvalue weighted by molar-refractivity contribution is 6.30. The summed E-state index contributed by atoms with van der Waals surface area (Å²) >= 11 is 5.96. The Bertz CT molecular complexity index is 1440. The van der Waals surface area contributed by atoms with Crippen LogP contribution in [0.2, 0.25) is 5.02 Å². The van der Waals surface area contributed by atoms with Crippen LogP contribution in [0.5, 0.6) is 11.5 Å². The van der Waals surface area contributed by atoms with Gasteiger partial charge in [0, 0.05) is 10.9 Å². The maximum atomic E-state index is 13.4. The van der Waals surface area contributed by atoms with Crippen LogP contribution in [-0.4, -0.2) is 23.0 Å². The van der Waals surface area contributed by atoms with Crippen molar-refractivity contribution in [3.63, 3.8) is 0 Å². The monoisotopic (exact) mass is 501 g/mol. The molecule has 1 heterocycles. The molecule has 0 unspecified atom stereocenters. The van der Waals surface area contributed by atoms with Crippen molar-refractivity contribution in [3.8, 4) is 11.5 Å². The van der Waals surface area contributed by atoms with Gasteiger partial charge >= 0.3 is 0 Å². The summed E-state index contributed by atoms with van der Waals surface area (Å²) in [7, 11) is 1.60. The van der Waals surface area contributed by atoms with Crippen molar-refractivity contribution in [2.24, 2.45) is 5.10 Å². The standard InChI is InChI=1S/C29H28ClN3O3/c1-35-27-17-21(13-16-26(27)36-19-20-11-14-23(30)15-12-20)18-31-33-28(22-7-3-2-4-8-22)32-25-10-6-5-9-24(25)29(33)34/h5-6,9-18,22H,2-4,7-8,19H2,1H3. The summed E-state index contributed by atoms with van der Waals surface area (Å²) in [5.41, 5.74) is 2.37. The van der Waals surface area contributed by atoms with E-state index in [2.05, 4.69) is 5.10 Å². The lowest BCUT2D eigenvalue weighted by molar-refractivity contribution is 0.284. The van der Waals surface area contributed by atoms with Crippen LogP contribution in [0.3, 0.4) is 0 Å². The van der Waals surface area contributed by atoms with Crippen LogP contribution in [0.15, 0.2) is 76.6 Å². The molecule has 1 fully saturated rings. The van der Waals surface area contributed by atoms with Crippen molar-refractivity contribution in [2.45, 2.75) is 44.6 Å². The number of methoxy groups -OCH3 is 1. The molecule has 1 aliphatic carbocycles. The molecule has 0 saturated heterocycles. The lowest BCUT2D eigenvalue weighted by atomic mass is 9.88. The Balaban J connectivity index is 1.44. The molecule has 36 heavy (non-hydrogen) atoms. The smallest absolute Gasteiger partial charge is 0.282 e. The maximum absolute atomic E-state index is 13.4. The predicted octanol–water partition coefficient (Wildman–Crippen LogP) is 6.57. The Morgan fingerprint density at radius 1 is 1.03 bits per heavy atom. The van der Waals surface area contributed by atoms with Crippen LogP contribution in [0.1, 0.15) is 55.0 Å². The van der Waals surface area contributed by atoms with Gasteiger partial charge in [-0.15, -0.1) is 0 Å². The number of ether oxygens (including phenoxy) is 2. The molecular weight excluding hydrogens is 474 g/mol. The fourth-order valence-electron chi connectivity index (χ4n) is 4.63. The van der Waals surface area contributed by atoms with Crippen LogP contribution in [-0.2, 0) is 6.61 Å². The minimum atomic E-state index is -0.146. The number of nitrogens with zero attached hydrogens (tertiary/aromatic N) is 3. The maximum Gasteiger partial charge on any atom is 0.282 e. The van der Waals surface area contributed by atoms with Gasteiger partial charge < -0.3 is 9.47 Å². The van der Waals surface area contributed by atoms with E-state index in [-0.39, 0.29) is 11.5 Å². The number of halogens is 1. The quantitative estimate of drug-likeness (QED) is 0.269. The average molecular weight is 502 g/mol. The molecule has 0 bridgehead atoms. The zero-order valence-corrected chi connectivity index (χ0v) is 20.9. The number of aromatic nitrogens is 2. The Kier molecular flexibility index (Phi) is 7.33. The van der Waals surface area contributed by atoms with Gasteiger partial charge in [-0.05, 0) is 66.4 Å². The van der Waals surface area contributed by atoms with Gasteiger partial charge in [0.25, 0.3) is 5.56 Å². The second kappa shape index (κ2) is 11.0. The molecule has 1 saturated carbocycles. The van der Waals surface area contributed by atoms with E-state index in [0.29, 0.717) is 28.5 Å². The molecule has 1 aliphatic rings. The molecule has 0 amide bonds. The fraction of sp³-hybridized carbons (Fsp3) is 0.276. The summed E-state index contributed by atoms with van der Waals surface area (Å²) in [4.78, 5) is 18.3. The summed E-state index contributed by atoms with van der Waals surface area (Å²) in [5.74, 6) is 2.18. The molecule has 184 valence electrons. The molecule has 4 aromatic rings. The first-order valence-corrected chi connectivity index (χ1v) is 12.6. The highest BCUT2D eigenvalue weighted by atomic mass is 35.5. The van der Waals surface area contributed by atoms with Crippen molar-refractivity contribution in [3.05, 3.63) is 99.1 Å². The van der Waals surface area contributed by atoms with Crippen LogP contribution < -0.4 is 15.0 Å². The van der Waals surface area contributed by atoms with Crippen molar-refractivity contribution in [2.75, 3.05) is 7.11 Å². The Morgan fingerprint density at radius 3 is 2.58 bits per heavy atom. The van der Waals surface area contributed by atoms with E-state index in [9.17, 15) is 4.79 Å². The minimum absolute atomic E-state index is 0.146. The van der Waals surface area contributed by atoms with Crippen molar-refractivity contribution >= 4 is 28.7 Å². The highest BCUT2D eigenvalue weighted by Gasteiger charge is 2.22. The number of fused-ring (bicyclic) bond motifs is 1. The number of rotatable bonds is 7. The van der Waals surface area contributed by atoms with Gasteiger partial charge in [0.15, 0.2) is 11.5 Å². The first-order chi connectivity index (χ1) is 17.6. The lowest BCUT2D eigenvalue weighted by Gasteiger charge is -2.22. The van der Waals surface area contributed by atoms with E-state index in [1.54, 1.807) is 19.4 Å². The number of hydrogen-bond donors (Lipinski definition) is 0. The zero-order chi connectivity index (χ0) is 24.9. The highest BCUT2D eigenvalue weighted by Crippen LogP contribution is 2.32. The van der Waals surface area contributed by atoms with Crippen LogP contribution in [0, 0.1) is 0 Å². The average Bonchev–Trinajstić information content (AvgIpc) is 2.93. The van der Waals surface area contributed by atoms with Gasteiger partial charge in [0.2, 0.25) is 0 Å². The molecule has 7 heteroatoms. The molecule has 0 spiro atoms. The molecule has 0 atom stereocenters. The van der Waals surface area contributed by atoms with Gasteiger partial charge in [0.1, 0.15) is 12.4 Å². The molecule has 1 aromatic heterocycles. The molecule has 0 aliphatic heterocycles.